The molecule has 0 saturated heterocycles. The lowest BCUT2D eigenvalue weighted by Gasteiger charge is -2.16. The van der Waals surface area contributed by atoms with Gasteiger partial charge < -0.3 is 10.6 Å². The van der Waals surface area contributed by atoms with Crippen LogP contribution >= 0.6 is 31.9 Å². The molecule has 1 aliphatic rings. The number of halogens is 2. The zero-order valence-electron chi connectivity index (χ0n) is 13.5. The first-order valence-corrected chi connectivity index (χ1v) is 9.68. The largest absolute Gasteiger partial charge is 0.355 e. The highest BCUT2D eigenvalue weighted by Crippen LogP contribution is 2.48. The van der Waals surface area contributed by atoms with E-state index in [1.807, 2.05) is 48.5 Å². The summed E-state index contributed by atoms with van der Waals surface area (Å²) in [6.07, 6.45) is 1.95. The van der Waals surface area contributed by atoms with E-state index in [1.54, 1.807) is 0 Å². The van der Waals surface area contributed by atoms with Crippen molar-refractivity contribution < 1.29 is 9.59 Å². The highest BCUT2D eigenvalue weighted by molar-refractivity contribution is 9.10. The average Bonchev–Trinajstić information content (AvgIpc) is 3.39. The summed E-state index contributed by atoms with van der Waals surface area (Å²) in [7, 11) is 0. The van der Waals surface area contributed by atoms with Crippen molar-refractivity contribution in [3.8, 4) is 0 Å². The number of anilines is 1. The molecule has 0 bridgehead atoms. The molecule has 1 fully saturated rings. The quantitative estimate of drug-likeness (QED) is 0.664. The molecule has 1 saturated carbocycles. The summed E-state index contributed by atoms with van der Waals surface area (Å²) in [6.45, 7) is 0.333. The Morgan fingerprint density at radius 1 is 0.920 bits per heavy atom. The maximum atomic E-state index is 12.5. The number of carbonyl (C=O) groups excluding carboxylic acids is 2. The molecule has 2 N–H and O–H groups in total. The Hall–Kier alpha value is -1.66. The summed E-state index contributed by atoms with van der Waals surface area (Å²) >= 11 is 6.77. The van der Waals surface area contributed by atoms with Crippen LogP contribution in [0.5, 0.6) is 0 Å². The van der Waals surface area contributed by atoms with Gasteiger partial charge in [-0.25, -0.2) is 0 Å². The lowest BCUT2D eigenvalue weighted by molar-refractivity contribution is -0.123. The Balaban J connectivity index is 1.48. The molecule has 0 aliphatic heterocycles. The normalized spacial score (nSPS) is 14.6. The second-order valence-corrected chi connectivity index (χ2v) is 7.98. The molecule has 130 valence electrons. The molecule has 4 nitrogen and oxygen atoms in total. The maximum absolute atomic E-state index is 12.5. The van der Waals surface area contributed by atoms with Gasteiger partial charge in [0.15, 0.2) is 0 Å². The number of benzene rings is 2. The molecule has 0 heterocycles. The van der Waals surface area contributed by atoms with E-state index in [4.69, 9.17) is 0 Å². The van der Waals surface area contributed by atoms with E-state index >= 15 is 0 Å². The minimum absolute atomic E-state index is 0.00580. The molecule has 3 rings (SSSR count). The summed E-state index contributed by atoms with van der Waals surface area (Å²) < 4.78 is 1.96. The average molecular weight is 466 g/mol. The summed E-state index contributed by atoms with van der Waals surface area (Å²) in [5.74, 6) is -0.109. The first-order valence-electron chi connectivity index (χ1n) is 8.09. The fourth-order valence-corrected chi connectivity index (χ4v) is 3.28. The number of nitrogens with one attached hydrogen (secondary N) is 2. The monoisotopic (exact) mass is 464 g/mol. The molecule has 1 aliphatic carbocycles. The molecule has 0 unspecified atom stereocenters. The summed E-state index contributed by atoms with van der Waals surface area (Å²) in [6, 6.07) is 15.3. The minimum Gasteiger partial charge on any atom is -0.355 e. The van der Waals surface area contributed by atoms with Gasteiger partial charge in [0.05, 0.1) is 5.41 Å². The van der Waals surface area contributed by atoms with E-state index in [2.05, 4.69) is 42.5 Å². The van der Waals surface area contributed by atoms with Crippen LogP contribution in [0.15, 0.2) is 57.5 Å². The zero-order chi connectivity index (χ0) is 17.9. The van der Waals surface area contributed by atoms with Gasteiger partial charge in [-0.05, 0) is 54.8 Å². The van der Waals surface area contributed by atoms with Crippen LogP contribution in [0.4, 0.5) is 5.69 Å². The van der Waals surface area contributed by atoms with Gasteiger partial charge in [0.1, 0.15) is 0 Å². The first kappa shape index (κ1) is 18.1. The third-order valence-electron chi connectivity index (χ3n) is 4.35. The Morgan fingerprint density at radius 3 is 2.04 bits per heavy atom. The Labute approximate surface area is 163 Å². The van der Waals surface area contributed by atoms with Crippen molar-refractivity contribution >= 4 is 49.4 Å². The van der Waals surface area contributed by atoms with Crippen LogP contribution in [-0.2, 0) is 15.0 Å². The molecule has 6 heteroatoms. The molecular weight excluding hydrogens is 448 g/mol. The predicted octanol–water partition coefficient (Wildman–Crippen LogP) is 4.39. The van der Waals surface area contributed by atoms with E-state index in [0.717, 1.165) is 33.0 Å². The van der Waals surface area contributed by atoms with Crippen molar-refractivity contribution in [2.24, 2.45) is 0 Å². The molecule has 2 aromatic carbocycles. The summed E-state index contributed by atoms with van der Waals surface area (Å²) in [4.78, 5) is 24.5. The van der Waals surface area contributed by atoms with Gasteiger partial charge >= 0.3 is 0 Å². The van der Waals surface area contributed by atoms with Gasteiger partial charge in [0.25, 0.3) is 0 Å². The topological polar surface area (TPSA) is 58.2 Å². The van der Waals surface area contributed by atoms with Crippen molar-refractivity contribution in [2.45, 2.75) is 24.7 Å². The second kappa shape index (κ2) is 7.70. The van der Waals surface area contributed by atoms with Crippen LogP contribution in [0, 0.1) is 0 Å². The molecule has 2 amide bonds. The zero-order valence-corrected chi connectivity index (χ0v) is 16.7. The van der Waals surface area contributed by atoms with Gasteiger partial charge in [-0.15, -0.1) is 0 Å². The molecule has 2 aromatic rings. The Kier molecular flexibility index (Phi) is 5.59. The number of amides is 2. The summed E-state index contributed by atoms with van der Waals surface area (Å²) in [5.41, 5.74) is 1.36. The lowest BCUT2D eigenvalue weighted by atomic mass is 9.95. The SMILES string of the molecule is O=C(CCNC(=O)C1(c2ccc(Br)cc2)CC1)Nc1ccc(Br)cc1. The number of hydrogen-bond acceptors (Lipinski definition) is 2. The Morgan fingerprint density at radius 2 is 1.48 bits per heavy atom. The van der Waals surface area contributed by atoms with Crippen LogP contribution in [0.25, 0.3) is 0 Å². The van der Waals surface area contributed by atoms with Crippen LogP contribution in [0.1, 0.15) is 24.8 Å². The third-order valence-corrected chi connectivity index (χ3v) is 5.40. The van der Waals surface area contributed by atoms with E-state index in [1.165, 1.54) is 0 Å². The highest BCUT2D eigenvalue weighted by Gasteiger charge is 2.50. The first-order chi connectivity index (χ1) is 12.0. The highest BCUT2D eigenvalue weighted by atomic mass is 79.9. The fraction of sp³-hybridized carbons (Fsp3) is 0.263. The van der Waals surface area contributed by atoms with Crippen molar-refractivity contribution in [1.29, 1.82) is 0 Å². The van der Waals surface area contributed by atoms with E-state index in [0.29, 0.717) is 6.54 Å². The van der Waals surface area contributed by atoms with Crippen molar-refractivity contribution in [3.63, 3.8) is 0 Å². The molecule has 25 heavy (non-hydrogen) atoms. The lowest BCUT2D eigenvalue weighted by Crippen LogP contribution is -2.36. The number of rotatable bonds is 6. The summed E-state index contributed by atoms with van der Waals surface area (Å²) in [5, 5.41) is 5.72. The predicted molar refractivity (Wildman–Crippen MR) is 105 cm³/mol. The van der Waals surface area contributed by atoms with E-state index in [9.17, 15) is 9.59 Å². The molecule has 0 atom stereocenters. The minimum atomic E-state index is -0.414. The molecule has 0 aromatic heterocycles. The number of hydrogen-bond donors (Lipinski definition) is 2. The van der Waals surface area contributed by atoms with E-state index < -0.39 is 5.41 Å². The van der Waals surface area contributed by atoms with Crippen LogP contribution < -0.4 is 10.6 Å². The van der Waals surface area contributed by atoms with Crippen molar-refractivity contribution in [3.05, 3.63) is 63.0 Å². The third kappa shape index (κ3) is 4.50. The number of carbonyl (C=O) groups is 2. The van der Waals surface area contributed by atoms with Crippen molar-refractivity contribution in [1.82, 2.24) is 5.32 Å². The van der Waals surface area contributed by atoms with E-state index in [-0.39, 0.29) is 18.2 Å². The molecular formula is C19H18Br2N2O2. The van der Waals surface area contributed by atoms with Crippen molar-refractivity contribution in [2.75, 3.05) is 11.9 Å². The van der Waals surface area contributed by atoms with Crippen LogP contribution in [0.3, 0.4) is 0 Å². The van der Waals surface area contributed by atoms with Gasteiger partial charge in [-0.3, -0.25) is 9.59 Å². The van der Waals surface area contributed by atoms with Crippen LogP contribution in [0.2, 0.25) is 0 Å². The molecule has 0 spiro atoms. The standard InChI is InChI=1S/C19H18Br2N2O2/c20-14-3-1-13(2-4-14)19(10-11-19)18(25)22-12-9-17(24)23-16-7-5-15(21)6-8-16/h1-8H,9-12H2,(H,22,25)(H,23,24). The second-order valence-electron chi connectivity index (χ2n) is 6.15. The van der Waals surface area contributed by atoms with Gasteiger partial charge in [-0.1, -0.05) is 44.0 Å². The van der Waals surface area contributed by atoms with Gasteiger partial charge in [-0.2, -0.15) is 0 Å². The van der Waals surface area contributed by atoms with Gasteiger partial charge in [0, 0.05) is 27.6 Å². The van der Waals surface area contributed by atoms with Crippen LogP contribution in [-0.4, -0.2) is 18.4 Å². The Bertz CT molecular complexity index is 769. The van der Waals surface area contributed by atoms with Gasteiger partial charge in [0.2, 0.25) is 11.8 Å². The molecule has 0 radical (unpaired) electrons. The maximum Gasteiger partial charge on any atom is 0.230 e. The smallest absolute Gasteiger partial charge is 0.230 e. The fourth-order valence-electron chi connectivity index (χ4n) is 2.76.